The molecule has 1 N–H and O–H groups in total. The van der Waals surface area contributed by atoms with Crippen LogP contribution in [0.3, 0.4) is 0 Å². The predicted molar refractivity (Wildman–Crippen MR) is 90.0 cm³/mol. The normalized spacial score (nSPS) is 23.6. The SMILES string of the molecule is CCNC(C)c1ccc(Br)cc1N1CC(OC)C(OC)C1. The van der Waals surface area contributed by atoms with Gasteiger partial charge in [0.25, 0.3) is 0 Å². The molecular formula is C16H25BrN2O2. The zero-order chi connectivity index (χ0) is 15.4. The minimum Gasteiger partial charge on any atom is -0.377 e. The first-order valence-corrected chi connectivity index (χ1v) is 8.23. The molecular weight excluding hydrogens is 332 g/mol. The number of halogens is 1. The fraction of sp³-hybridized carbons (Fsp3) is 0.625. The first-order valence-electron chi connectivity index (χ1n) is 7.44. The van der Waals surface area contributed by atoms with Gasteiger partial charge in [-0.25, -0.2) is 0 Å². The van der Waals surface area contributed by atoms with E-state index in [2.05, 4.69) is 58.2 Å². The van der Waals surface area contributed by atoms with Crippen molar-refractivity contribution < 1.29 is 9.47 Å². The van der Waals surface area contributed by atoms with E-state index in [0.29, 0.717) is 6.04 Å². The molecule has 0 amide bonds. The van der Waals surface area contributed by atoms with Crippen LogP contribution in [0, 0.1) is 0 Å². The summed E-state index contributed by atoms with van der Waals surface area (Å²) in [5, 5.41) is 3.49. The number of rotatable bonds is 6. The third-order valence-electron chi connectivity index (χ3n) is 4.13. The van der Waals surface area contributed by atoms with Gasteiger partial charge in [0.2, 0.25) is 0 Å². The minimum atomic E-state index is 0.122. The molecule has 21 heavy (non-hydrogen) atoms. The van der Waals surface area contributed by atoms with E-state index in [1.165, 1.54) is 11.3 Å². The molecule has 0 bridgehead atoms. The van der Waals surface area contributed by atoms with Gasteiger partial charge >= 0.3 is 0 Å². The van der Waals surface area contributed by atoms with Crippen LogP contribution < -0.4 is 10.2 Å². The van der Waals surface area contributed by atoms with Gasteiger partial charge in [-0.1, -0.05) is 28.9 Å². The van der Waals surface area contributed by atoms with E-state index in [1.807, 2.05) is 0 Å². The van der Waals surface area contributed by atoms with Crippen LogP contribution in [0.25, 0.3) is 0 Å². The highest BCUT2D eigenvalue weighted by molar-refractivity contribution is 9.10. The van der Waals surface area contributed by atoms with Gasteiger partial charge in [-0.3, -0.25) is 0 Å². The fourth-order valence-electron chi connectivity index (χ4n) is 2.97. The summed E-state index contributed by atoms with van der Waals surface area (Å²) in [5.41, 5.74) is 2.56. The Morgan fingerprint density at radius 1 is 1.29 bits per heavy atom. The second-order valence-corrected chi connectivity index (χ2v) is 6.35. The molecule has 3 unspecified atom stereocenters. The molecule has 0 radical (unpaired) electrons. The molecule has 2 rings (SSSR count). The van der Waals surface area contributed by atoms with Crippen molar-refractivity contribution in [2.45, 2.75) is 32.1 Å². The van der Waals surface area contributed by atoms with E-state index in [-0.39, 0.29) is 12.2 Å². The van der Waals surface area contributed by atoms with Crippen molar-refractivity contribution >= 4 is 21.6 Å². The Labute approximate surface area is 135 Å². The van der Waals surface area contributed by atoms with Crippen molar-refractivity contribution in [1.29, 1.82) is 0 Å². The molecule has 3 atom stereocenters. The maximum absolute atomic E-state index is 5.55. The van der Waals surface area contributed by atoms with Gasteiger partial charge in [0.05, 0.1) is 0 Å². The zero-order valence-corrected chi connectivity index (χ0v) is 14.8. The molecule has 4 nitrogen and oxygen atoms in total. The smallest absolute Gasteiger partial charge is 0.102 e. The second kappa shape index (κ2) is 7.58. The Morgan fingerprint density at radius 2 is 1.90 bits per heavy atom. The number of hydrogen-bond donors (Lipinski definition) is 1. The van der Waals surface area contributed by atoms with E-state index in [1.54, 1.807) is 14.2 Å². The highest BCUT2D eigenvalue weighted by Gasteiger charge is 2.34. The molecule has 1 aliphatic rings. The van der Waals surface area contributed by atoms with Crippen LogP contribution >= 0.6 is 15.9 Å². The maximum Gasteiger partial charge on any atom is 0.102 e. The predicted octanol–water partition coefficient (Wildman–Crippen LogP) is 2.97. The van der Waals surface area contributed by atoms with Crippen LogP contribution in [0.15, 0.2) is 22.7 Å². The van der Waals surface area contributed by atoms with Crippen molar-refractivity contribution in [3.63, 3.8) is 0 Å². The quantitative estimate of drug-likeness (QED) is 0.849. The molecule has 1 aliphatic heterocycles. The first-order chi connectivity index (χ1) is 10.1. The number of methoxy groups -OCH3 is 2. The number of hydrogen-bond acceptors (Lipinski definition) is 4. The molecule has 1 heterocycles. The lowest BCUT2D eigenvalue weighted by Gasteiger charge is -2.25. The Hall–Kier alpha value is -0.620. The van der Waals surface area contributed by atoms with Gasteiger partial charge < -0.3 is 19.7 Å². The van der Waals surface area contributed by atoms with Crippen molar-refractivity contribution in [1.82, 2.24) is 5.32 Å². The summed E-state index contributed by atoms with van der Waals surface area (Å²) >= 11 is 3.59. The van der Waals surface area contributed by atoms with Crippen LogP contribution in [-0.4, -0.2) is 46.1 Å². The summed E-state index contributed by atoms with van der Waals surface area (Å²) in [5.74, 6) is 0. The van der Waals surface area contributed by atoms with Crippen molar-refractivity contribution in [2.75, 3.05) is 38.8 Å². The molecule has 0 aliphatic carbocycles. The lowest BCUT2D eigenvalue weighted by Crippen LogP contribution is -2.27. The summed E-state index contributed by atoms with van der Waals surface area (Å²) in [6, 6.07) is 6.80. The zero-order valence-electron chi connectivity index (χ0n) is 13.2. The summed E-state index contributed by atoms with van der Waals surface area (Å²) in [4.78, 5) is 2.36. The number of nitrogens with zero attached hydrogens (tertiary/aromatic N) is 1. The Bertz CT molecular complexity index is 458. The van der Waals surface area contributed by atoms with Crippen LogP contribution in [0.4, 0.5) is 5.69 Å². The Morgan fingerprint density at radius 3 is 2.43 bits per heavy atom. The Kier molecular flexibility index (Phi) is 6.05. The van der Waals surface area contributed by atoms with Gasteiger partial charge in [0.1, 0.15) is 12.2 Å². The third kappa shape index (κ3) is 3.77. The average molecular weight is 357 g/mol. The average Bonchev–Trinajstić information content (AvgIpc) is 2.90. The maximum atomic E-state index is 5.55. The van der Waals surface area contributed by atoms with E-state index in [4.69, 9.17) is 9.47 Å². The highest BCUT2D eigenvalue weighted by atomic mass is 79.9. The molecule has 0 spiro atoms. The van der Waals surface area contributed by atoms with E-state index in [0.717, 1.165) is 24.1 Å². The second-order valence-electron chi connectivity index (χ2n) is 5.44. The van der Waals surface area contributed by atoms with Gasteiger partial charge in [-0.2, -0.15) is 0 Å². The van der Waals surface area contributed by atoms with Gasteiger partial charge in [-0.05, 0) is 31.2 Å². The molecule has 1 aromatic rings. The van der Waals surface area contributed by atoms with Crippen molar-refractivity contribution in [3.05, 3.63) is 28.2 Å². The molecule has 5 heteroatoms. The van der Waals surface area contributed by atoms with Crippen LogP contribution in [0.2, 0.25) is 0 Å². The Balaban J connectivity index is 2.28. The molecule has 0 aromatic heterocycles. The highest BCUT2D eigenvalue weighted by Crippen LogP contribution is 2.33. The van der Waals surface area contributed by atoms with Crippen molar-refractivity contribution in [3.8, 4) is 0 Å². The molecule has 0 saturated carbocycles. The van der Waals surface area contributed by atoms with Crippen LogP contribution in [0.5, 0.6) is 0 Å². The minimum absolute atomic E-state index is 0.122. The van der Waals surface area contributed by atoms with Gasteiger partial charge in [0.15, 0.2) is 0 Å². The third-order valence-corrected chi connectivity index (χ3v) is 4.62. The summed E-state index contributed by atoms with van der Waals surface area (Å²) in [6.45, 7) is 7.01. The summed E-state index contributed by atoms with van der Waals surface area (Å²) in [6.07, 6.45) is 0.243. The standard InChI is InChI=1S/C16H25BrN2O2/c1-5-18-11(2)13-7-6-12(17)8-14(13)19-9-15(20-3)16(10-19)21-4/h6-8,11,15-16,18H,5,9-10H2,1-4H3. The van der Waals surface area contributed by atoms with Crippen LogP contribution in [0.1, 0.15) is 25.5 Å². The first kappa shape index (κ1) is 16.7. The van der Waals surface area contributed by atoms with E-state index >= 15 is 0 Å². The molecule has 118 valence electrons. The van der Waals surface area contributed by atoms with E-state index < -0.39 is 0 Å². The van der Waals surface area contributed by atoms with Gasteiger partial charge in [0, 0.05) is 43.5 Å². The van der Waals surface area contributed by atoms with Gasteiger partial charge in [-0.15, -0.1) is 0 Å². The summed E-state index contributed by atoms with van der Waals surface area (Å²) < 4.78 is 12.2. The molecule has 1 aromatic carbocycles. The number of ether oxygens (including phenoxy) is 2. The number of nitrogens with one attached hydrogen (secondary N) is 1. The van der Waals surface area contributed by atoms with E-state index in [9.17, 15) is 0 Å². The largest absolute Gasteiger partial charge is 0.377 e. The number of benzene rings is 1. The topological polar surface area (TPSA) is 33.7 Å². The molecule has 1 fully saturated rings. The van der Waals surface area contributed by atoms with Crippen molar-refractivity contribution in [2.24, 2.45) is 0 Å². The monoisotopic (exact) mass is 356 g/mol. The molecule has 1 saturated heterocycles. The lowest BCUT2D eigenvalue weighted by atomic mass is 10.1. The fourth-order valence-corrected chi connectivity index (χ4v) is 3.32. The summed E-state index contributed by atoms with van der Waals surface area (Å²) in [7, 11) is 3.51. The lowest BCUT2D eigenvalue weighted by molar-refractivity contribution is -0.00461. The van der Waals surface area contributed by atoms with Crippen LogP contribution in [-0.2, 0) is 9.47 Å². The number of anilines is 1.